The minimum absolute atomic E-state index is 0.0881. The van der Waals surface area contributed by atoms with Crippen LogP contribution in [0.5, 0.6) is 5.75 Å². The molecule has 34 heavy (non-hydrogen) atoms. The van der Waals surface area contributed by atoms with Gasteiger partial charge in [0.1, 0.15) is 12.4 Å². The molecular formula is C27H21N2O4S-. The molecule has 0 N–H and O–H groups in total. The van der Waals surface area contributed by atoms with E-state index in [4.69, 9.17) is 4.74 Å². The van der Waals surface area contributed by atoms with Crippen molar-refractivity contribution in [1.82, 2.24) is 4.90 Å². The van der Waals surface area contributed by atoms with Crippen LogP contribution in [0.2, 0.25) is 0 Å². The number of carbonyl (C=O) groups excluding carboxylic acids is 2. The van der Waals surface area contributed by atoms with Gasteiger partial charge in [-0.2, -0.15) is 0 Å². The SMILES string of the molecule is C=CCOc1ccc(/C=C2\SC(=Nc3ccccc3)N(Cc3ccc(C(=O)[O-])cc3)C2=O)cc1. The predicted molar refractivity (Wildman–Crippen MR) is 133 cm³/mol. The number of rotatable bonds is 8. The molecule has 1 heterocycles. The highest BCUT2D eigenvalue weighted by molar-refractivity contribution is 8.18. The zero-order valence-corrected chi connectivity index (χ0v) is 19.0. The van der Waals surface area contributed by atoms with Crippen LogP contribution in [0.15, 0.2) is 101 Å². The van der Waals surface area contributed by atoms with Crippen LogP contribution in [0.1, 0.15) is 21.5 Å². The Bertz CT molecular complexity index is 1250. The van der Waals surface area contributed by atoms with E-state index in [0.29, 0.717) is 16.7 Å². The Labute approximate surface area is 201 Å². The summed E-state index contributed by atoms with van der Waals surface area (Å²) in [5.41, 5.74) is 2.47. The number of hydrogen-bond acceptors (Lipinski definition) is 6. The molecule has 3 aromatic rings. The molecule has 3 aromatic carbocycles. The molecule has 0 bridgehead atoms. The Morgan fingerprint density at radius 1 is 1.03 bits per heavy atom. The number of amides is 1. The van der Waals surface area contributed by atoms with Crippen molar-refractivity contribution in [3.63, 3.8) is 0 Å². The summed E-state index contributed by atoms with van der Waals surface area (Å²) in [6.45, 7) is 4.32. The lowest BCUT2D eigenvalue weighted by Crippen LogP contribution is -2.28. The topological polar surface area (TPSA) is 82.0 Å². The highest BCUT2D eigenvalue weighted by Gasteiger charge is 2.33. The Hall–Kier alpha value is -4.10. The first-order valence-corrected chi connectivity index (χ1v) is 11.3. The second-order valence-electron chi connectivity index (χ2n) is 7.38. The molecule has 170 valence electrons. The fraction of sp³-hybridized carbons (Fsp3) is 0.0741. The fourth-order valence-electron chi connectivity index (χ4n) is 3.24. The maximum atomic E-state index is 13.3. The number of para-hydroxylation sites is 1. The normalized spacial score (nSPS) is 15.6. The van der Waals surface area contributed by atoms with E-state index in [1.165, 1.54) is 23.9 Å². The van der Waals surface area contributed by atoms with Crippen LogP contribution in [0, 0.1) is 0 Å². The van der Waals surface area contributed by atoms with Crippen LogP contribution >= 0.6 is 11.8 Å². The molecule has 0 atom stereocenters. The van der Waals surface area contributed by atoms with Crippen molar-refractivity contribution < 1.29 is 19.4 Å². The highest BCUT2D eigenvalue weighted by Crippen LogP contribution is 2.35. The molecule has 1 amide bonds. The first-order valence-electron chi connectivity index (χ1n) is 10.5. The maximum absolute atomic E-state index is 13.3. The van der Waals surface area contributed by atoms with Gasteiger partial charge in [0.2, 0.25) is 0 Å². The third-order valence-corrected chi connectivity index (χ3v) is 5.95. The standard InChI is InChI=1S/C27H22N2O4S/c1-2-16-33-23-14-10-19(11-15-23)17-24-25(30)29(18-20-8-12-21(13-9-20)26(31)32)27(34-24)28-22-6-4-3-5-7-22/h2-15,17H,1,16,18H2,(H,31,32)/p-1/b24-17-,28-27?. The number of amidine groups is 1. The number of carbonyl (C=O) groups is 2. The average molecular weight is 470 g/mol. The van der Waals surface area contributed by atoms with E-state index in [9.17, 15) is 14.7 Å². The number of aliphatic imine (C=N–C) groups is 1. The molecule has 6 nitrogen and oxygen atoms in total. The summed E-state index contributed by atoms with van der Waals surface area (Å²) >= 11 is 1.30. The lowest BCUT2D eigenvalue weighted by Gasteiger charge is -2.16. The predicted octanol–water partition coefficient (Wildman–Crippen LogP) is 4.42. The van der Waals surface area contributed by atoms with Gasteiger partial charge in [0, 0.05) is 0 Å². The molecule has 1 fully saturated rings. The molecule has 1 saturated heterocycles. The van der Waals surface area contributed by atoms with Gasteiger partial charge in [-0.1, -0.05) is 67.3 Å². The largest absolute Gasteiger partial charge is 0.545 e. The summed E-state index contributed by atoms with van der Waals surface area (Å²) in [5, 5.41) is 11.6. The van der Waals surface area contributed by atoms with Crippen LogP contribution in [-0.4, -0.2) is 28.6 Å². The van der Waals surface area contributed by atoms with Crippen LogP contribution < -0.4 is 9.84 Å². The molecule has 0 radical (unpaired) electrons. The minimum atomic E-state index is -1.24. The van der Waals surface area contributed by atoms with E-state index in [1.54, 1.807) is 23.1 Å². The van der Waals surface area contributed by atoms with Gasteiger partial charge in [-0.15, -0.1) is 0 Å². The first-order chi connectivity index (χ1) is 16.5. The zero-order valence-electron chi connectivity index (χ0n) is 18.2. The Kier molecular flexibility index (Phi) is 7.25. The number of ether oxygens (including phenoxy) is 1. The van der Waals surface area contributed by atoms with Gasteiger partial charge in [-0.05, 0) is 58.8 Å². The molecule has 7 heteroatoms. The zero-order chi connectivity index (χ0) is 23.9. The molecule has 0 saturated carbocycles. The van der Waals surface area contributed by atoms with Gasteiger partial charge in [0.25, 0.3) is 5.91 Å². The molecule has 0 unspecified atom stereocenters. The van der Waals surface area contributed by atoms with Crippen molar-refractivity contribution in [2.45, 2.75) is 6.54 Å². The van der Waals surface area contributed by atoms with E-state index < -0.39 is 5.97 Å². The number of carboxylic acids is 1. The summed E-state index contributed by atoms with van der Waals surface area (Å²) in [4.78, 5) is 31.2. The minimum Gasteiger partial charge on any atom is -0.545 e. The van der Waals surface area contributed by atoms with Gasteiger partial charge in [-0.25, -0.2) is 4.99 Å². The van der Waals surface area contributed by atoms with E-state index in [0.717, 1.165) is 22.6 Å². The third kappa shape index (κ3) is 5.63. The average Bonchev–Trinajstić information content (AvgIpc) is 3.13. The van der Waals surface area contributed by atoms with Gasteiger partial charge >= 0.3 is 0 Å². The number of benzene rings is 3. The monoisotopic (exact) mass is 469 g/mol. The summed E-state index contributed by atoms with van der Waals surface area (Å²) < 4.78 is 5.51. The Morgan fingerprint density at radius 3 is 2.38 bits per heavy atom. The summed E-state index contributed by atoms with van der Waals surface area (Å²) in [5.74, 6) is -0.687. The second-order valence-corrected chi connectivity index (χ2v) is 8.39. The molecule has 0 aliphatic carbocycles. The Morgan fingerprint density at radius 2 is 1.74 bits per heavy atom. The van der Waals surface area contributed by atoms with E-state index in [2.05, 4.69) is 11.6 Å². The van der Waals surface area contributed by atoms with Crippen molar-refractivity contribution in [2.75, 3.05) is 6.61 Å². The summed E-state index contributed by atoms with van der Waals surface area (Å²) in [7, 11) is 0. The van der Waals surface area contributed by atoms with E-state index >= 15 is 0 Å². The lowest BCUT2D eigenvalue weighted by molar-refractivity contribution is -0.255. The van der Waals surface area contributed by atoms with Gasteiger partial charge < -0.3 is 14.6 Å². The molecular weight excluding hydrogens is 448 g/mol. The van der Waals surface area contributed by atoms with Crippen LogP contribution in [0.4, 0.5) is 5.69 Å². The first kappa shape index (κ1) is 23.1. The molecule has 0 spiro atoms. The smallest absolute Gasteiger partial charge is 0.267 e. The molecule has 1 aliphatic heterocycles. The van der Waals surface area contributed by atoms with Crippen molar-refractivity contribution in [3.05, 3.63) is 113 Å². The summed E-state index contributed by atoms with van der Waals surface area (Å²) in [6, 6.07) is 23.2. The maximum Gasteiger partial charge on any atom is 0.267 e. The van der Waals surface area contributed by atoms with E-state index in [-0.39, 0.29) is 18.0 Å². The molecule has 1 aliphatic rings. The van der Waals surface area contributed by atoms with Crippen LogP contribution in [0.3, 0.4) is 0 Å². The molecule has 0 aromatic heterocycles. The van der Waals surface area contributed by atoms with Crippen molar-refractivity contribution in [1.29, 1.82) is 0 Å². The highest BCUT2D eigenvalue weighted by atomic mass is 32.2. The van der Waals surface area contributed by atoms with Crippen molar-refractivity contribution in [2.24, 2.45) is 4.99 Å². The second kappa shape index (κ2) is 10.7. The van der Waals surface area contributed by atoms with E-state index in [1.807, 2.05) is 60.7 Å². The van der Waals surface area contributed by atoms with Crippen molar-refractivity contribution >= 4 is 40.6 Å². The number of hydrogen-bond donors (Lipinski definition) is 0. The molecule has 4 rings (SSSR count). The number of thioether (sulfide) groups is 1. The van der Waals surface area contributed by atoms with Gasteiger partial charge in [-0.3, -0.25) is 9.69 Å². The van der Waals surface area contributed by atoms with Gasteiger partial charge in [0.15, 0.2) is 5.17 Å². The third-order valence-electron chi connectivity index (χ3n) is 4.95. The fourth-order valence-corrected chi connectivity index (χ4v) is 4.24. The Balaban J connectivity index is 1.61. The number of carboxylic acid groups (broad SMARTS) is 1. The lowest BCUT2D eigenvalue weighted by atomic mass is 10.1. The van der Waals surface area contributed by atoms with Gasteiger partial charge in [0.05, 0.1) is 23.1 Å². The van der Waals surface area contributed by atoms with Crippen molar-refractivity contribution in [3.8, 4) is 5.75 Å². The van der Waals surface area contributed by atoms with Crippen LogP contribution in [-0.2, 0) is 11.3 Å². The number of aromatic carboxylic acids is 1. The quantitative estimate of drug-likeness (QED) is 0.360. The number of nitrogens with zero attached hydrogens (tertiary/aromatic N) is 2. The summed E-state index contributed by atoms with van der Waals surface area (Å²) in [6.07, 6.45) is 3.50. The van der Waals surface area contributed by atoms with Crippen LogP contribution in [0.25, 0.3) is 6.08 Å².